The van der Waals surface area contributed by atoms with E-state index in [4.69, 9.17) is 0 Å². The van der Waals surface area contributed by atoms with E-state index in [0.29, 0.717) is 0 Å². The van der Waals surface area contributed by atoms with Crippen LogP contribution in [0.2, 0.25) is 0 Å². The number of amides is 1. The Morgan fingerprint density at radius 2 is 2.38 bits per heavy atom. The molecule has 2 N–H and O–H groups in total. The Labute approximate surface area is 75.0 Å². The lowest BCUT2D eigenvalue weighted by Crippen LogP contribution is -2.17. The first kappa shape index (κ1) is 9.07. The van der Waals surface area contributed by atoms with Gasteiger partial charge in [-0.1, -0.05) is 5.92 Å². The van der Waals surface area contributed by atoms with Crippen molar-refractivity contribution in [3.05, 3.63) is 28.7 Å². The molecule has 0 spiro atoms. The van der Waals surface area contributed by atoms with Gasteiger partial charge in [0.05, 0.1) is 0 Å². The summed E-state index contributed by atoms with van der Waals surface area (Å²) in [5, 5.41) is 2.35. The van der Waals surface area contributed by atoms with Gasteiger partial charge in [0.25, 0.3) is 11.5 Å². The van der Waals surface area contributed by atoms with Crippen LogP contribution in [-0.2, 0) is 4.79 Å². The number of hydrogen-bond acceptors (Lipinski definition) is 2. The van der Waals surface area contributed by atoms with Gasteiger partial charge >= 0.3 is 0 Å². The summed E-state index contributed by atoms with van der Waals surface area (Å²) in [7, 11) is 0. The number of carbonyl (C=O) groups is 1. The maximum Gasteiger partial charge on any atom is 0.300 e. The molecule has 0 fully saturated rings. The normalized spacial score (nSPS) is 8.38. The third-order valence-corrected chi connectivity index (χ3v) is 1.30. The van der Waals surface area contributed by atoms with E-state index in [-0.39, 0.29) is 11.2 Å². The lowest BCUT2D eigenvalue weighted by Gasteiger charge is -1.96. The number of hydrogen-bond donors (Lipinski definition) is 2. The highest BCUT2D eigenvalue weighted by Crippen LogP contribution is 1.94. The Bertz CT molecular complexity index is 423. The Morgan fingerprint density at radius 1 is 1.62 bits per heavy atom. The van der Waals surface area contributed by atoms with E-state index in [1.54, 1.807) is 13.0 Å². The lowest BCUT2D eigenvalue weighted by molar-refractivity contribution is -0.111. The molecule has 0 atom stereocenters. The minimum absolute atomic E-state index is 0.204. The van der Waals surface area contributed by atoms with E-state index in [1.807, 2.05) is 0 Å². The third kappa shape index (κ3) is 2.49. The number of pyridine rings is 1. The summed E-state index contributed by atoms with van der Waals surface area (Å²) in [5.74, 6) is 4.21. The molecule has 0 aliphatic heterocycles. The second-order valence-corrected chi connectivity index (χ2v) is 2.24. The average molecular weight is 176 g/mol. The average Bonchev–Trinajstić information content (AvgIpc) is 2.09. The van der Waals surface area contributed by atoms with Gasteiger partial charge in [-0.3, -0.25) is 9.59 Å². The highest BCUT2D eigenvalue weighted by atomic mass is 16.2. The van der Waals surface area contributed by atoms with Gasteiger partial charge in [0.2, 0.25) is 0 Å². The molecule has 1 aromatic rings. The number of aromatic amines is 1. The van der Waals surface area contributed by atoms with E-state index in [0.717, 1.165) is 0 Å². The van der Waals surface area contributed by atoms with E-state index < -0.39 is 5.91 Å². The predicted molar refractivity (Wildman–Crippen MR) is 49.1 cm³/mol. The molecular weight excluding hydrogens is 168 g/mol. The zero-order chi connectivity index (χ0) is 9.68. The molecule has 1 aromatic heterocycles. The van der Waals surface area contributed by atoms with Crippen molar-refractivity contribution in [2.24, 2.45) is 0 Å². The molecule has 66 valence electrons. The first-order chi connectivity index (χ1) is 6.24. The maximum absolute atomic E-state index is 11.0. The Kier molecular flexibility index (Phi) is 2.87. The van der Waals surface area contributed by atoms with Crippen molar-refractivity contribution in [1.82, 2.24) is 4.98 Å². The van der Waals surface area contributed by atoms with E-state index >= 15 is 0 Å². The van der Waals surface area contributed by atoms with Gasteiger partial charge < -0.3 is 10.3 Å². The largest absolute Gasteiger partial charge is 0.327 e. The second-order valence-electron chi connectivity index (χ2n) is 2.24. The molecule has 0 aliphatic rings. The molecule has 1 heterocycles. The van der Waals surface area contributed by atoms with E-state index in [1.165, 1.54) is 12.3 Å². The van der Waals surface area contributed by atoms with Gasteiger partial charge in [-0.05, 0) is 25.0 Å². The molecule has 0 radical (unpaired) electrons. The molecule has 0 saturated carbocycles. The van der Waals surface area contributed by atoms with E-state index in [9.17, 15) is 9.59 Å². The number of aromatic nitrogens is 1. The maximum atomic E-state index is 11.0. The van der Waals surface area contributed by atoms with Crippen LogP contribution in [0.4, 0.5) is 5.69 Å². The molecule has 4 heteroatoms. The summed E-state index contributed by atoms with van der Waals surface area (Å²) in [4.78, 5) is 24.4. The van der Waals surface area contributed by atoms with Crippen LogP contribution < -0.4 is 10.9 Å². The van der Waals surface area contributed by atoms with Gasteiger partial charge in [0.1, 0.15) is 5.69 Å². The Morgan fingerprint density at radius 3 is 3.00 bits per heavy atom. The number of anilines is 1. The quantitative estimate of drug-likeness (QED) is 0.606. The van der Waals surface area contributed by atoms with Crippen molar-refractivity contribution >= 4 is 11.6 Å². The number of H-pyrrole nitrogens is 1. The van der Waals surface area contributed by atoms with Crippen LogP contribution >= 0.6 is 0 Å². The number of rotatable bonds is 1. The van der Waals surface area contributed by atoms with Gasteiger partial charge in [0.15, 0.2) is 0 Å². The van der Waals surface area contributed by atoms with Crippen LogP contribution in [0, 0.1) is 11.8 Å². The van der Waals surface area contributed by atoms with Crippen molar-refractivity contribution in [3.8, 4) is 11.8 Å². The molecular formula is C9H8N2O2. The lowest BCUT2D eigenvalue weighted by atomic mass is 10.4. The summed E-state index contributed by atoms with van der Waals surface area (Å²) in [6, 6.07) is 3.13. The van der Waals surface area contributed by atoms with Crippen molar-refractivity contribution in [1.29, 1.82) is 0 Å². The van der Waals surface area contributed by atoms with Crippen LogP contribution in [-0.4, -0.2) is 10.9 Å². The standard InChI is InChI=1S/C9H8N2O2/c1-2-4-8(12)11-7-5-3-6-10-9(7)13/h3,5-6H,1H3,(H,10,13)(H,11,12). The molecule has 1 amide bonds. The van der Waals surface area contributed by atoms with Gasteiger partial charge in [-0.25, -0.2) is 0 Å². The summed E-state index contributed by atoms with van der Waals surface area (Å²) in [5.41, 5.74) is -0.135. The smallest absolute Gasteiger partial charge is 0.300 e. The van der Waals surface area contributed by atoms with Gasteiger partial charge in [0, 0.05) is 6.20 Å². The van der Waals surface area contributed by atoms with Gasteiger partial charge in [-0.15, -0.1) is 0 Å². The van der Waals surface area contributed by atoms with Crippen molar-refractivity contribution in [3.63, 3.8) is 0 Å². The number of carbonyl (C=O) groups excluding carboxylic acids is 1. The molecule has 0 unspecified atom stereocenters. The molecule has 0 bridgehead atoms. The Hall–Kier alpha value is -2.02. The topological polar surface area (TPSA) is 62.0 Å². The summed E-state index contributed by atoms with van der Waals surface area (Å²) < 4.78 is 0. The number of nitrogens with one attached hydrogen (secondary N) is 2. The zero-order valence-corrected chi connectivity index (χ0v) is 7.05. The Balaban J connectivity index is 2.85. The highest BCUT2D eigenvalue weighted by molar-refractivity contribution is 6.03. The van der Waals surface area contributed by atoms with Crippen molar-refractivity contribution in [2.45, 2.75) is 6.92 Å². The molecule has 0 aliphatic carbocycles. The predicted octanol–water partition coefficient (Wildman–Crippen LogP) is 0.337. The molecule has 0 saturated heterocycles. The molecule has 4 nitrogen and oxygen atoms in total. The summed E-state index contributed by atoms with van der Waals surface area (Å²) in [6.45, 7) is 1.55. The molecule has 0 aromatic carbocycles. The minimum atomic E-state index is -0.487. The monoisotopic (exact) mass is 176 g/mol. The summed E-state index contributed by atoms with van der Waals surface area (Å²) in [6.07, 6.45) is 1.49. The zero-order valence-electron chi connectivity index (χ0n) is 7.05. The molecule has 1 rings (SSSR count). The fourth-order valence-electron chi connectivity index (χ4n) is 0.787. The fraction of sp³-hybridized carbons (Fsp3) is 0.111. The van der Waals surface area contributed by atoms with Crippen molar-refractivity contribution < 1.29 is 4.79 Å². The van der Waals surface area contributed by atoms with Gasteiger partial charge in [-0.2, -0.15) is 0 Å². The first-order valence-corrected chi connectivity index (χ1v) is 3.65. The third-order valence-electron chi connectivity index (χ3n) is 1.30. The van der Waals surface area contributed by atoms with Crippen LogP contribution in [0.15, 0.2) is 23.1 Å². The second kappa shape index (κ2) is 4.12. The van der Waals surface area contributed by atoms with Crippen LogP contribution in [0.1, 0.15) is 6.92 Å². The highest BCUT2D eigenvalue weighted by Gasteiger charge is 2.00. The van der Waals surface area contributed by atoms with Crippen molar-refractivity contribution in [2.75, 3.05) is 5.32 Å². The first-order valence-electron chi connectivity index (χ1n) is 3.65. The minimum Gasteiger partial charge on any atom is -0.327 e. The van der Waals surface area contributed by atoms with E-state index in [2.05, 4.69) is 22.1 Å². The molecule has 13 heavy (non-hydrogen) atoms. The fourth-order valence-corrected chi connectivity index (χ4v) is 0.787. The van der Waals surface area contributed by atoms with Crippen LogP contribution in [0.25, 0.3) is 0 Å². The van der Waals surface area contributed by atoms with Crippen LogP contribution in [0.5, 0.6) is 0 Å². The summed E-state index contributed by atoms with van der Waals surface area (Å²) >= 11 is 0. The van der Waals surface area contributed by atoms with Crippen LogP contribution in [0.3, 0.4) is 0 Å². The SMILES string of the molecule is CC#CC(=O)Nc1ccc[nH]c1=O.